The molecule has 14 heavy (non-hydrogen) atoms. The first-order valence-corrected chi connectivity index (χ1v) is 3.35. The second-order valence-corrected chi connectivity index (χ2v) is 2.39. The first-order chi connectivity index (χ1) is 6.43. The van der Waals surface area contributed by atoms with Gasteiger partial charge in [0.15, 0.2) is 17.5 Å². The molecule has 0 aromatic heterocycles. The Morgan fingerprint density at radius 2 is 1.50 bits per heavy atom. The molecule has 0 radical (unpaired) electrons. The van der Waals surface area contributed by atoms with Gasteiger partial charge in [-0.1, -0.05) is 0 Å². The third-order valence-corrected chi connectivity index (χ3v) is 1.44. The van der Waals surface area contributed by atoms with Crippen molar-refractivity contribution in [2.24, 2.45) is 0 Å². The molecule has 0 saturated heterocycles. The van der Waals surface area contributed by atoms with Crippen molar-refractivity contribution in [2.75, 3.05) is 0 Å². The van der Waals surface area contributed by atoms with Crippen molar-refractivity contribution in [3.63, 3.8) is 0 Å². The second-order valence-electron chi connectivity index (χ2n) is 2.39. The Morgan fingerprint density at radius 1 is 1.07 bits per heavy atom. The number of aliphatic carboxylic acids is 1. The van der Waals surface area contributed by atoms with Crippen LogP contribution in [0.1, 0.15) is 10.4 Å². The maximum Gasteiger partial charge on any atom is 0.377 e. The summed E-state index contributed by atoms with van der Waals surface area (Å²) in [5.74, 6) is -8.31. The predicted octanol–water partition coefficient (Wildman–Crippen LogP) is 1.37. The van der Waals surface area contributed by atoms with Gasteiger partial charge in [-0.05, 0) is 12.1 Å². The lowest BCUT2D eigenvalue weighted by atomic mass is 10.1. The molecule has 1 N–H and O–H groups in total. The summed E-state index contributed by atoms with van der Waals surface area (Å²) >= 11 is 0. The van der Waals surface area contributed by atoms with Crippen LogP contribution in [0.15, 0.2) is 12.1 Å². The fourth-order valence-corrected chi connectivity index (χ4v) is 0.810. The molecule has 1 rings (SSSR count). The molecule has 3 nitrogen and oxygen atoms in total. The molecule has 0 amide bonds. The minimum Gasteiger partial charge on any atom is -0.475 e. The number of hydrogen-bond acceptors (Lipinski definition) is 2. The monoisotopic (exact) mass is 204 g/mol. The van der Waals surface area contributed by atoms with Gasteiger partial charge in [-0.25, -0.2) is 18.0 Å². The van der Waals surface area contributed by atoms with E-state index < -0.39 is 34.8 Å². The minimum absolute atomic E-state index is 0.328. The van der Waals surface area contributed by atoms with Crippen LogP contribution in [-0.2, 0) is 4.79 Å². The summed E-state index contributed by atoms with van der Waals surface area (Å²) in [5, 5.41) is 8.20. The number of rotatable bonds is 2. The van der Waals surface area contributed by atoms with Crippen LogP contribution in [0, 0.1) is 17.5 Å². The number of carboxylic acids is 1. The summed E-state index contributed by atoms with van der Waals surface area (Å²) in [6.07, 6.45) is 0. The first kappa shape index (κ1) is 10.2. The number of hydrogen-bond donors (Lipinski definition) is 1. The lowest BCUT2D eigenvalue weighted by Gasteiger charge is -1.98. The maximum absolute atomic E-state index is 12.5. The Balaban J connectivity index is 3.26. The number of benzene rings is 1. The third kappa shape index (κ3) is 1.73. The lowest BCUT2D eigenvalue weighted by Crippen LogP contribution is -2.13. The van der Waals surface area contributed by atoms with Gasteiger partial charge in [0.25, 0.3) is 5.78 Å². The molecule has 1 aromatic rings. The number of ketones is 1. The molecule has 0 heterocycles. The molecule has 0 unspecified atom stereocenters. The zero-order valence-corrected chi connectivity index (χ0v) is 6.55. The quantitative estimate of drug-likeness (QED) is 0.449. The van der Waals surface area contributed by atoms with E-state index in [0.717, 1.165) is 0 Å². The molecule has 0 aliphatic carbocycles. The van der Waals surface area contributed by atoms with E-state index in [4.69, 9.17) is 5.11 Å². The van der Waals surface area contributed by atoms with E-state index in [0.29, 0.717) is 12.1 Å². The van der Waals surface area contributed by atoms with E-state index in [1.54, 1.807) is 0 Å². The van der Waals surface area contributed by atoms with Crippen molar-refractivity contribution in [1.29, 1.82) is 0 Å². The van der Waals surface area contributed by atoms with Crippen LogP contribution in [-0.4, -0.2) is 16.9 Å². The molecule has 0 saturated carbocycles. The van der Waals surface area contributed by atoms with Crippen LogP contribution < -0.4 is 0 Å². The summed E-state index contributed by atoms with van der Waals surface area (Å²) in [4.78, 5) is 20.8. The molecule has 1 aromatic carbocycles. The summed E-state index contributed by atoms with van der Waals surface area (Å²) in [5.41, 5.74) is -0.742. The maximum atomic E-state index is 12.5. The number of carboxylic acid groups (broad SMARTS) is 1. The van der Waals surface area contributed by atoms with E-state index >= 15 is 0 Å². The van der Waals surface area contributed by atoms with Crippen molar-refractivity contribution in [3.8, 4) is 0 Å². The average Bonchev–Trinajstić information content (AvgIpc) is 2.12. The van der Waals surface area contributed by atoms with Gasteiger partial charge >= 0.3 is 5.97 Å². The predicted molar refractivity (Wildman–Crippen MR) is 38.3 cm³/mol. The Morgan fingerprint density at radius 3 is 1.86 bits per heavy atom. The van der Waals surface area contributed by atoms with Gasteiger partial charge in [0.2, 0.25) is 0 Å². The molecule has 0 aliphatic rings. The number of halogens is 3. The fraction of sp³-hybridized carbons (Fsp3) is 0. The minimum atomic E-state index is -1.87. The summed E-state index contributed by atoms with van der Waals surface area (Å²) < 4.78 is 37.4. The van der Waals surface area contributed by atoms with Gasteiger partial charge in [0.05, 0.1) is 0 Å². The van der Waals surface area contributed by atoms with Gasteiger partial charge in [-0.3, -0.25) is 4.79 Å². The van der Waals surface area contributed by atoms with Gasteiger partial charge in [0.1, 0.15) is 0 Å². The SMILES string of the molecule is O=C(O)C(=O)c1cc(F)c(F)c(F)c1. The summed E-state index contributed by atoms with van der Waals surface area (Å²) in [6, 6.07) is 0.656. The van der Waals surface area contributed by atoms with E-state index in [1.165, 1.54) is 0 Å². The van der Waals surface area contributed by atoms with Crippen molar-refractivity contribution in [2.45, 2.75) is 0 Å². The standard InChI is InChI=1S/C8H3F3O3/c9-4-1-3(7(12)8(13)14)2-5(10)6(4)11/h1-2H,(H,13,14). The largest absolute Gasteiger partial charge is 0.475 e. The Kier molecular flexibility index (Phi) is 2.55. The van der Waals surface area contributed by atoms with E-state index in [-0.39, 0.29) is 0 Å². The topological polar surface area (TPSA) is 54.4 Å². The lowest BCUT2D eigenvalue weighted by molar-refractivity contribution is -0.131. The zero-order chi connectivity index (χ0) is 10.9. The van der Waals surface area contributed by atoms with Crippen LogP contribution in [0.25, 0.3) is 0 Å². The Hall–Kier alpha value is -1.85. The van der Waals surface area contributed by atoms with Crippen LogP contribution in [0.5, 0.6) is 0 Å². The van der Waals surface area contributed by atoms with Crippen LogP contribution >= 0.6 is 0 Å². The molecule has 6 heteroatoms. The Labute approximate surface area is 75.8 Å². The van der Waals surface area contributed by atoms with Gasteiger partial charge in [-0.15, -0.1) is 0 Å². The van der Waals surface area contributed by atoms with E-state index in [9.17, 15) is 22.8 Å². The molecule has 74 valence electrons. The second kappa shape index (κ2) is 3.49. The van der Waals surface area contributed by atoms with E-state index in [2.05, 4.69) is 0 Å². The van der Waals surface area contributed by atoms with Gasteiger partial charge in [-0.2, -0.15) is 0 Å². The zero-order valence-electron chi connectivity index (χ0n) is 6.55. The molecular weight excluding hydrogens is 201 g/mol. The third-order valence-electron chi connectivity index (χ3n) is 1.44. The molecule has 0 fully saturated rings. The first-order valence-electron chi connectivity index (χ1n) is 3.35. The highest BCUT2D eigenvalue weighted by Gasteiger charge is 2.19. The molecule has 0 spiro atoms. The van der Waals surface area contributed by atoms with Crippen LogP contribution in [0.4, 0.5) is 13.2 Å². The van der Waals surface area contributed by atoms with Gasteiger partial charge in [0, 0.05) is 5.56 Å². The Bertz CT molecular complexity index is 391. The molecule has 0 bridgehead atoms. The van der Waals surface area contributed by atoms with Crippen molar-refractivity contribution in [3.05, 3.63) is 35.1 Å². The van der Waals surface area contributed by atoms with E-state index in [1.807, 2.05) is 0 Å². The molecule has 0 atom stereocenters. The highest BCUT2D eigenvalue weighted by molar-refractivity contribution is 6.39. The van der Waals surface area contributed by atoms with Crippen LogP contribution in [0.2, 0.25) is 0 Å². The van der Waals surface area contributed by atoms with Gasteiger partial charge < -0.3 is 5.11 Å². The summed E-state index contributed by atoms with van der Waals surface area (Å²) in [7, 11) is 0. The van der Waals surface area contributed by atoms with Crippen molar-refractivity contribution >= 4 is 11.8 Å². The number of Topliss-reactive ketones (excluding diaryl/α,β-unsaturated/α-hetero) is 1. The summed E-state index contributed by atoms with van der Waals surface area (Å²) in [6.45, 7) is 0. The number of carbonyl (C=O) groups is 2. The van der Waals surface area contributed by atoms with Crippen molar-refractivity contribution in [1.82, 2.24) is 0 Å². The number of carbonyl (C=O) groups excluding carboxylic acids is 1. The fourth-order valence-electron chi connectivity index (χ4n) is 0.810. The average molecular weight is 204 g/mol. The van der Waals surface area contributed by atoms with Crippen LogP contribution in [0.3, 0.4) is 0 Å². The highest BCUT2D eigenvalue weighted by Crippen LogP contribution is 2.13. The normalized spacial score (nSPS) is 9.93. The molecular formula is C8H3F3O3. The smallest absolute Gasteiger partial charge is 0.377 e. The molecule has 0 aliphatic heterocycles. The van der Waals surface area contributed by atoms with Crippen molar-refractivity contribution < 1.29 is 27.9 Å². The highest BCUT2D eigenvalue weighted by atomic mass is 19.2.